The summed E-state index contributed by atoms with van der Waals surface area (Å²) >= 11 is 1.38. The van der Waals surface area contributed by atoms with E-state index in [9.17, 15) is 4.79 Å². The zero-order valence-electron chi connectivity index (χ0n) is 14.2. The van der Waals surface area contributed by atoms with Crippen LogP contribution in [-0.2, 0) is 11.3 Å². The minimum atomic E-state index is 0.0345. The molecule has 0 aliphatic heterocycles. The Morgan fingerprint density at radius 1 is 1.24 bits per heavy atom. The topological polar surface area (TPSA) is 63.9 Å². The second kappa shape index (κ2) is 7.94. The van der Waals surface area contributed by atoms with Crippen LogP contribution in [0.2, 0.25) is 0 Å². The summed E-state index contributed by atoms with van der Waals surface area (Å²) in [6.07, 6.45) is 5.15. The fraction of sp³-hybridized carbons (Fsp3) is 0.222. The van der Waals surface area contributed by atoms with Gasteiger partial charge >= 0.3 is 0 Å². The van der Waals surface area contributed by atoms with Crippen molar-refractivity contribution in [2.75, 3.05) is 12.8 Å². The third-order valence-electron chi connectivity index (χ3n) is 3.72. The van der Waals surface area contributed by atoms with Crippen molar-refractivity contribution in [1.29, 1.82) is 0 Å². The molecule has 7 heteroatoms. The molecule has 25 heavy (non-hydrogen) atoms. The Hall–Kier alpha value is -2.67. The number of hydrogen-bond donors (Lipinski definition) is 0. The van der Waals surface area contributed by atoms with E-state index in [1.807, 2.05) is 47.9 Å². The predicted molar refractivity (Wildman–Crippen MR) is 97.5 cm³/mol. The summed E-state index contributed by atoms with van der Waals surface area (Å²) in [5.41, 5.74) is 3.18. The van der Waals surface area contributed by atoms with Gasteiger partial charge in [-0.3, -0.25) is 14.3 Å². The lowest BCUT2D eigenvalue weighted by Crippen LogP contribution is -2.27. The highest BCUT2D eigenvalue weighted by Crippen LogP contribution is 2.20. The van der Waals surface area contributed by atoms with Crippen molar-refractivity contribution in [3.05, 3.63) is 66.2 Å². The van der Waals surface area contributed by atoms with Crippen molar-refractivity contribution in [2.45, 2.75) is 18.6 Å². The molecule has 0 bridgehead atoms. The SMILES string of the molecule is Cc1ccc(-n2cnnc2SCC(=O)N(C)Cc2cccnc2)cc1. The van der Waals surface area contributed by atoms with Crippen LogP contribution in [0.1, 0.15) is 11.1 Å². The third-order valence-corrected chi connectivity index (χ3v) is 4.65. The molecule has 0 N–H and O–H groups in total. The van der Waals surface area contributed by atoms with Crippen molar-refractivity contribution in [1.82, 2.24) is 24.6 Å². The summed E-state index contributed by atoms with van der Waals surface area (Å²) in [6.45, 7) is 2.58. The number of carbonyl (C=O) groups excluding carboxylic acids is 1. The van der Waals surface area contributed by atoms with Crippen LogP contribution in [0.5, 0.6) is 0 Å². The molecule has 3 rings (SSSR count). The Morgan fingerprint density at radius 3 is 2.76 bits per heavy atom. The molecule has 128 valence electrons. The van der Waals surface area contributed by atoms with Crippen LogP contribution in [0.25, 0.3) is 5.69 Å². The van der Waals surface area contributed by atoms with Gasteiger partial charge in [-0.2, -0.15) is 0 Å². The highest BCUT2D eigenvalue weighted by molar-refractivity contribution is 7.99. The highest BCUT2D eigenvalue weighted by Gasteiger charge is 2.13. The molecule has 0 fully saturated rings. The van der Waals surface area contributed by atoms with Gasteiger partial charge in [-0.05, 0) is 30.7 Å². The van der Waals surface area contributed by atoms with Crippen molar-refractivity contribution >= 4 is 17.7 Å². The molecule has 6 nitrogen and oxygen atoms in total. The first-order valence-corrected chi connectivity index (χ1v) is 8.85. The lowest BCUT2D eigenvalue weighted by Gasteiger charge is -2.16. The van der Waals surface area contributed by atoms with E-state index in [2.05, 4.69) is 15.2 Å². The molecular formula is C18H19N5OS. The first-order chi connectivity index (χ1) is 12.1. The van der Waals surface area contributed by atoms with E-state index in [1.54, 1.807) is 30.7 Å². The Bertz CT molecular complexity index is 832. The number of amides is 1. The third kappa shape index (κ3) is 4.45. The van der Waals surface area contributed by atoms with E-state index in [1.165, 1.54) is 17.3 Å². The van der Waals surface area contributed by atoms with Crippen molar-refractivity contribution in [3.63, 3.8) is 0 Å². The number of rotatable bonds is 6. The zero-order valence-corrected chi connectivity index (χ0v) is 15.0. The monoisotopic (exact) mass is 353 g/mol. The molecule has 0 radical (unpaired) electrons. The van der Waals surface area contributed by atoms with E-state index < -0.39 is 0 Å². The van der Waals surface area contributed by atoms with Crippen LogP contribution in [0.3, 0.4) is 0 Å². The quantitative estimate of drug-likeness (QED) is 0.638. The minimum absolute atomic E-state index is 0.0345. The number of hydrogen-bond acceptors (Lipinski definition) is 5. The largest absolute Gasteiger partial charge is 0.341 e. The second-order valence-electron chi connectivity index (χ2n) is 5.72. The van der Waals surface area contributed by atoms with Crippen LogP contribution in [0.15, 0.2) is 60.3 Å². The summed E-state index contributed by atoms with van der Waals surface area (Å²) < 4.78 is 1.89. The Morgan fingerprint density at radius 2 is 2.04 bits per heavy atom. The Labute approximate surface area is 150 Å². The maximum absolute atomic E-state index is 12.4. The number of benzene rings is 1. The Balaban J connectivity index is 1.61. The number of thioether (sulfide) groups is 1. The van der Waals surface area contributed by atoms with E-state index in [4.69, 9.17) is 0 Å². The van der Waals surface area contributed by atoms with Gasteiger partial charge in [-0.1, -0.05) is 35.5 Å². The number of carbonyl (C=O) groups is 1. The van der Waals surface area contributed by atoms with Gasteiger partial charge in [-0.15, -0.1) is 10.2 Å². The van der Waals surface area contributed by atoms with Crippen LogP contribution in [0, 0.1) is 6.92 Å². The van der Waals surface area contributed by atoms with E-state index in [-0.39, 0.29) is 5.91 Å². The smallest absolute Gasteiger partial charge is 0.233 e. The lowest BCUT2D eigenvalue weighted by molar-refractivity contribution is -0.127. The van der Waals surface area contributed by atoms with Crippen molar-refractivity contribution in [3.8, 4) is 5.69 Å². The van der Waals surface area contributed by atoms with Crippen molar-refractivity contribution < 1.29 is 4.79 Å². The normalized spacial score (nSPS) is 10.6. The lowest BCUT2D eigenvalue weighted by atomic mass is 10.2. The van der Waals surface area contributed by atoms with Gasteiger partial charge in [0.1, 0.15) is 6.33 Å². The molecule has 0 aliphatic carbocycles. The summed E-state index contributed by atoms with van der Waals surface area (Å²) in [5.74, 6) is 0.341. The van der Waals surface area contributed by atoms with Crippen LogP contribution in [-0.4, -0.2) is 43.4 Å². The standard InChI is InChI=1S/C18H19N5OS/c1-14-5-7-16(8-6-14)23-13-20-21-18(23)25-12-17(24)22(2)11-15-4-3-9-19-10-15/h3-10,13H,11-12H2,1-2H3. The van der Waals surface area contributed by atoms with Gasteiger partial charge in [0.05, 0.1) is 5.75 Å². The average molecular weight is 353 g/mol. The molecule has 2 heterocycles. The van der Waals surface area contributed by atoms with Crippen LogP contribution < -0.4 is 0 Å². The van der Waals surface area contributed by atoms with Gasteiger partial charge in [0.2, 0.25) is 5.91 Å². The molecule has 0 unspecified atom stereocenters. The minimum Gasteiger partial charge on any atom is -0.341 e. The van der Waals surface area contributed by atoms with E-state index in [0.29, 0.717) is 17.5 Å². The number of pyridine rings is 1. The number of nitrogens with zero attached hydrogens (tertiary/aromatic N) is 5. The molecule has 3 aromatic rings. The molecular weight excluding hydrogens is 334 g/mol. The molecule has 0 saturated heterocycles. The molecule has 0 spiro atoms. The maximum Gasteiger partial charge on any atom is 0.233 e. The zero-order chi connectivity index (χ0) is 17.6. The fourth-order valence-electron chi connectivity index (χ4n) is 2.30. The first-order valence-electron chi connectivity index (χ1n) is 7.86. The van der Waals surface area contributed by atoms with Gasteiger partial charge in [0, 0.05) is 31.7 Å². The van der Waals surface area contributed by atoms with Crippen LogP contribution in [0.4, 0.5) is 0 Å². The van der Waals surface area contributed by atoms with Gasteiger partial charge in [0.25, 0.3) is 0 Å². The van der Waals surface area contributed by atoms with Gasteiger partial charge in [0.15, 0.2) is 5.16 Å². The molecule has 0 aliphatic rings. The second-order valence-corrected chi connectivity index (χ2v) is 6.66. The maximum atomic E-state index is 12.4. The summed E-state index contributed by atoms with van der Waals surface area (Å²) in [7, 11) is 1.79. The molecule has 1 aromatic carbocycles. The molecule has 1 amide bonds. The van der Waals surface area contributed by atoms with Gasteiger partial charge in [-0.25, -0.2) is 0 Å². The first kappa shape index (κ1) is 17.2. The number of aryl methyl sites for hydroxylation is 1. The van der Waals surface area contributed by atoms with Gasteiger partial charge < -0.3 is 4.90 Å². The van der Waals surface area contributed by atoms with E-state index >= 15 is 0 Å². The fourth-order valence-corrected chi connectivity index (χ4v) is 3.16. The highest BCUT2D eigenvalue weighted by atomic mass is 32.2. The average Bonchev–Trinajstić information content (AvgIpc) is 3.09. The Kier molecular flexibility index (Phi) is 5.45. The summed E-state index contributed by atoms with van der Waals surface area (Å²) in [5, 5.41) is 8.80. The van der Waals surface area contributed by atoms with E-state index in [0.717, 1.165) is 11.3 Å². The predicted octanol–water partition coefficient (Wildman–Crippen LogP) is 2.72. The number of aromatic nitrogens is 4. The van der Waals surface area contributed by atoms with Crippen molar-refractivity contribution in [2.24, 2.45) is 0 Å². The molecule has 0 atom stereocenters. The summed E-state index contributed by atoms with van der Waals surface area (Å²) in [4.78, 5) is 18.1. The van der Waals surface area contributed by atoms with Crippen LogP contribution >= 0.6 is 11.8 Å². The summed E-state index contributed by atoms with van der Waals surface area (Å²) in [6, 6.07) is 11.9. The molecule has 2 aromatic heterocycles. The molecule has 0 saturated carbocycles.